The van der Waals surface area contributed by atoms with Crippen LogP contribution in [0, 0.1) is 0 Å². The molecule has 5 heteroatoms. The summed E-state index contributed by atoms with van der Waals surface area (Å²) in [6.45, 7) is -0.179. The molecule has 4 aliphatic heterocycles. The van der Waals surface area contributed by atoms with Gasteiger partial charge in [0.25, 0.3) is 0 Å². The predicted molar refractivity (Wildman–Crippen MR) is 247 cm³/mol. The summed E-state index contributed by atoms with van der Waals surface area (Å²) in [5.41, 5.74) is 22.9. The highest BCUT2D eigenvalue weighted by molar-refractivity contribution is 6.87. The molecule has 9 aromatic carbocycles. The molecule has 4 heterocycles. The quantitative estimate of drug-likeness (QED) is 0.166. The molecule has 0 saturated heterocycles. The van der Waals surface area contributed by atoms with Crippen LogP contribution in [0.2, 0.25) is 0 Å². The van der Waals surface area contributed by atoms with Gasteiger partial charge >= 0.3 is 6.98 Å². The summed E-state index contributed by atoms with van der Waals surface area (Å²) >= 11 is 0. The highest BCUT2D eigenvalue weighted by Crippen LogP contribution is 2.63. The number of hydrogen-bond acceptors (Lipinski definition) is 4. The Morgan fingerprint density at radius 3 is 1.07 bits per heavy atom. The molecule has 0 spiro atoms. The minimum Gasteiger partial charge on any atom is -0.358 e. The third-order valence-corrected chi connectivity index (χ3v) is 12.6. The van der Waals surface area contributed by atoms with Gasteiger partial charge in [-0.05, 0) is 112 Å². The van der Waals surface area contributed by atoms with E-state index in [1.807, 2.05) is 0 Å². The Bertz CT molecular complexity index is 2920. The zero-order chi connectivity index (χ0) is 38.6. The van der Waals surface area contributed by atoms with Crippen molar-refractivity contribution >= 4 is 69.3 Å². The Labute approximate surface area is 344 Å². The Balaban J connectivity index is 1.18. The van der Waals surface area contributed by atoms with Crippen molar-refractivity contribution in [2.24, 2.45) is 0 Å². The molecule has 0 bridgehead atoms. The molecular weight excluding hydrogens is 715 g/mol. The van der Waals surface area contributed by atoms with E-state index in [9.17, 15) is 0 Å². The molecule has 13 rings (SSSR count). The van der Waals surface area contributed by atoms with Crippen molar-refractivity contribution in [2.75, 3.05) is 19.4 Å². The molecule has 0 fully saturated rings. The summed E-state index contributed by atoms with van der Waals surface area (Å²) < 4.78 is 0. The van der Waals surface area contributed by atoms with Crippen molar-refractivity contribution in [1.29, 1.82) is 0 Å². The lowest BCUT2D eigenvalue weighted by molar-refractivity contribution is 1.16. The van der Waals surface area contributed by atoms with Gasteiger partial charge in [-0.1, -0.05) is 140 Å². The first-order valence-electron chi connectivity index (χ1n) is 20.4. The lowest BCUT2D eigenvalue weighted by Gasteiger charge is -2.54. The smallest absolute Gasteiger partial charge is 0.358 e. The first-order valence-corrected chi connectivity index (χ1v) is 20.4. The highest BCUT2D eigenvalue weighted by atomic mass is 15.3. The van der Waals surface area contributed by atoms with Crippen LogP contribution in [0.4, 0.5) is 56.9 Å². The molecule has 0 atom stereocenters. The molecule has 0 aliphatic carbocycles. The van der Waals surface area contributed by atoms with E-state index in [0.717, 1.165) is 22.7 Å². The fourth-order valence-corrected chi connectivity index (χ4v) is 10.2. The van der Waals surface area contributed by atoms with Gasteiger partial charge in [0.2, 0.25) is 0 Å². The average Bonchev–Trinajstić information content (AvgIpc) is 3.31. The monoisotopic (exact) mass is 750 g/mol. The molecule has 0 N–H and O–H groups in total. The van der Waals surface area contributed by atoms with Crippen LogP contribution in [-0.2, 0) is 0 Å². The Kier molecular flexibility index (Phi) is 6.78. The van der Waals surface area contributed by atoms with Gasteiger partial charge < -0.3 is 19.4 Å². The van der Waals surface area contributed by atoms with Crippen LogP contribution >= 0.6 is 0 Å². The minimum atomic E-state index is -0.179. The topological polar surface area (TPSA) is 13.0 Å². The van der Waals surface area contributed by atoms with Crippen molar-refractivity contribution in [2.45, 2.75) is 0 Å². The first-order chi connectivity index (χ1) is 29.3. The molecule has 4 nitrogen and oxygen atoms in total. The molecule has 0 unspecified atom stereocenters. The van der Waals surface area contributed by atoms with E-state index in [4.69, 9.17) is 0 Å². The second kappa shape index (κ2) is 12.4. The van der Waals surface area contributed by atoms with Gasteiger partial charge in [0.15, 0.2) is 0 Å². The van der Waals surface area contributed by atoms with Crippen LogP contribution < -0.4 is 24.9 Å². The SMILES string of the molecule is c1ccc(-c2cc3c4c(c2)N(c2ccccc2)c2ccccc2N4B2c4c-3cccc4-c3cc(-c4ccccc4)cc4c3N2c2ccccc2N4c2ccccc2)cc1. The van der Waals surface area contributed by atoms with E-state index in [-0.39, 0.29) is 6.98 Å². The Morgan fingerprint density at radius 2 is 0.644 bits per heavy atom. The second-order valence-electron chi connectivity index (χ2n) is 15.7. The fraction of sp³-hybridized carbons (Fsp3) is 0. The molecule has 0 aromatic heterocycles. The Morgan fingerprint density at radius 1 is 0.271 bits per heavy atom. The van der Waals surface area contributed by atoms with Crippen LogP contribution in [-0.4, -0.2) is 6.98 Å². The summed E-state index contributed by atoms with van der Waals surface area (Å²) in [5, 5.41) is 0. The lowest BCUT2D eigenvalue weighted by atomic mass is 9.52. The van der Waals surface area contributed by atoms with E-state index < -0.39 is 0 Å². The van der Waals surface area contributed by atoms with E-state index in [0.29, 0.717) is 0 Å². The standard InChI is InChI=1S/C54H35BN4/c1-5-18-36(19-6-1)38-32-44-42-26-17-27-43-45-33-39(37-20-7-2-8-21-37)35-51-54(45)59(49-31-16-14-29-47(49)57(51)41-24-11-4-12-25-41)55(52(42)43)58-48-30-15-13-28-46(48)56(50(34-38)53(44)58)40-22-9-3-10-23-40/h1-35H. The second-order valence-corrected chi connectivity index (χ2v) is 15.7. The van der Waals surface area contributed by atoms with Gasteiger partial charge in [-0.25, -0.2) is 0 Å². The third kappa shape index (κ3) is 4.55. The van der Waals surface area contributed by atoms with Crippen molar-refractivity contribution in [1.82, 2.24) is 0 Å². The zero-order valence-electron chi connectivity index (χ0n) is 32.1. The van der Waals surface area contributed by atoms with Crippen molar-refractivity contribution in [3.63, 3.8) is 0 Å². The lowest BCUT2D eigenvalue weighted by Crippen LogP contribution is -2.63. The van der Waals surface area contributed by atoms with Gasteiger partial charge in [-0.2, -0.15) is 0 Å². The summed E-state index contributed by atoms with van der Waals surface area (Å²) in [6.07, 6.45) is 0. The zero-order valence-corrected chi connectivity index (χ0v) is 32.1. The number of hydrogen-bond donors (Lipinski definition) is 0. The first kappa shape index (κ1) is 32.3. The third-order valence-electron chi connectivity index (χ3n) is 12.6. The Hall–Kier alpha value is -7.76. The number of fused-ring (bicyclic) bond motifs is 8. The van der Waals surface area contributed by atoms with E-state index in [2.05, 4.69) is 232 Å². The molecule has 59 heavy (non-hydrogen) atoms. The molecule has 4 aliphatic rings. The molecule has 0 amide bonds. The predicted octanol–water partition coefficient (Wildman–Crippen LogP) is 13.9. The molecule has 274 valence electrons. The van der Waals surface area contributed by atoms with Gasteiger partial charge in [-0.3, -0.25) is 0 Å². The molecule has 0 saturated carbocycles. The van der Waals surface area contributed by atoms with Crippen LogP contribution in [0.5, 0.6) is 0 Å². The minimum absolute atomic E-state index is 0.179. The summed E-state index contributed by atoms with van der Waals surface area (Å²) in [6, 6.07) is 78.1. The largest absolute Gasteiger partial charge is 0.422 e. The summed E-state index contributed by atoms with van der Waals surface area (Å²) in [5.74, 6) is 0. The van der Waals surface area contributed by atoms with Gasteiger partial charge in [0.1, 0.15) is 0 Å². The fourth-order valence-electron chi connectivity index (χ4n) is 10.2. The molecule has 9 aromatic rings. The normalized spacial score (nSPS) is 13.6. The number of para-hydroxylation sites is 6. The van der Waals surface area contributed by atoms with Crippen molar-refractivity contribution in [3.05, 3.63) is 212 Å². The van der Waals surface area contributed by atoms with Crippen LogP contribution in [0.3, 0.4) is 0 Å². The van der Waals surface area contributed by atoms with Crippen LogP contribution in [0.15, 0.2) is 212 Å². The van der Waals surface area contributed by atoms with Crippen molar-refractivity contribution in [3.8, 4) is 44.5 Å². The van der Waals surface area contributed by atoms with E-state index in [1.54, 1.807) is 0 Å². The highest BCUT2D eigenvalue weighted by Gasteiger charge is 2.53. The average molecular weight is 751 g/mol. The van der Waals surface area contributed by atoms with Crippen molar-refractivity contribution < 1.29 is 0 Å². The molecular formula is C54H35BN4. The number of rotatable bonds is 4. The maximum absolute atomic E-state index is 2.66. The van der Waals surface area contributed by atoms with Gasteiger partial charge in [0.05, 0.1) is 45.5 Å². The number of anilines is 10. The van der Waals surface area contributed by atoms with Crippen LogP contribution in [0.25, 0.3) is 44.5 Å². The van der Waals surface area contributed by atoms with E-state index in [1.165, 1.54) is 84.1 Å². The van der Waals surface area contributed by atoms with Crippen LogP contribution in [0.1, 0.15) is 0 Å². The summed E-state index contributed by atoms with van der Waals surface area (Å²) in [7, 11) is 0. The number of benzene rings is 9. The van der Waals surface area contributed by atoms with Gasteiger partial charge in [-0.15, -0.1) is 0 Å². The maximum atomic E-state index is 2.66. The molecule has 0 radical (unpaired) electrons. The summed E-state index contributed by atoms with van der Waals surface area (Å²) in [4.78, 5) is 10.3. The number of nitrogens with zero attached hydrogens (tertiary/aromatic N) is 4. The van der Waals surface area contributed by atoms with E-state index >= 15 is 0 Å². The maximum Gasteiger partial charge on any atom is 0.422 e. The van der Waals surface area contributed by atoms with Gasteiger partial charge in [0, 0.05) is 22.5 Å².